The molecule has 37 heavy (non-hydrogen) atoms. The number of rotatable bonds is 4. The molecule has 1 aliphatic carbocycles. The summed E-state index contributed by atoms with van der Waals surface area (Å²) in [7, 11) is 3.35. The number of carbonyl (C=O) groups is 2. The molecule has 2 heterocycles. The number of anilines is 1. The van der Waals surface area contributed by atoms with Gasteiger partial charge in [-0.3, -0.25) is 9.52 Å². The van der Waals surface area contributed by atoms with Gasteiger partial charge in [0, 0.05) is 54.9 Å². The van der Waals surface area contributed by atoms with Crippen molar-refractivity contribution in [1.82, 2.24) is 13.6 Å². The van der Waals surface area contributed by atoms with Crippen LogP contribution in [0, 0.1) is 0 Å². The first-order valence-electron chi connectivity index (χ1n) is 13.3. The molecule has 0 radical (unpaired) electrons. The first-order chi connectivity index (χ1) is 18.0. The fourth-order valence-electron chi connectivity index (χ4n) is 5.22. The number of hydrogen-bond acceptors (Lipinski definition) is 4. The molecule has 7 nitrogen and oxygen atoms in total. The van der Waals surface area contributed by atoms with Gasteiger partial charge in [-0.2, -0.15) is 0 Å². The zero-order valence-corrected chi connectivity index (χ0v) is 23.5. The molecule has 1 saturated carbocycles. The molecule has 1 amide bonds. The fourth-order valence-corrected chi connectivity index (χ4v) is 5.68. The number of carbonyl (C=O) groups excluding carboxylic acids is 2. The van der Waals surface area contributed by atoms with E-state index in [0.29, 0.717) is 11.5 Å². The minimum absolute atomic E-state index is 0.319. The van der Waals surface area contributed by atoms with Crippen molar-refractivity contribution in [2.75, 3.05) is 26.0 Å². The summed E-state index contributed by atoms with van der Waals surface area (Å²) in [6.45, 7) is 7.11. The molecule has 5 rings (SSSR count). The number of para-hydroxylation sites is 1. The number of benzene rings is 2. The van der Waals surface area contributed by atoms with Crippen molar-refractivity contribution in [2.45, 2.75) is 65.3 Å². The summed E-state index contributed by atoms with van der Waals surface area (Å²) in [5, 5.41) is 4.83. The van der Waals surface area contributed by atoms with E-state index in [4.69, 9.17) is 4.79 Å². The van der Waals surface area contributed by atoms with Gasteiger partial charge in [-0.05, 0) is 49.4 Å². The Morgan fingerprint density at radius 1 is 1.11 bits per heavy atom. The Hall–Kier alpha value is -2.97. The van der Waals surface area contributed by atoms with Gasteiger partial charge in [-0.25, -0.2) is 8.51 Å². The minimum atomic E-state index is -1.55. The lowest BCUT2D eigenvalue weighted by molar-refractivity contribution is -0.106. The number of amides is 1. The molecular weight excluding hydrogens is 484 g/mol. The van der Waals surface area contributed by atoms with Crippen LogP contribution in [0.5, 0.6) is 0 Å². The fraction of sp³-hybridized carbons (Fsp3) is 0.448. The SMILES string of the molecule is CC.CC=O.CN(C)S(=O)NC(=O)c1ccc2c(C3CCCCC3)c3n(c2c1)CCNc1ccccc1-3. The first kappa shape index (κ1) is 28.6. The van der Waals surface area contributed by atoms with Crippen molar-refractivity contribution in [1.29, 1.82) is 0 Å². The summed E-state index contributed by atoms with van der Waals surface area (Å²) in [5.41, 5.74) is 6.75. The van der Waals surface area contributed by atoms with Gasteiger partial charge in [0.1, 0.15) is 6.29 Å². The standard InChI is InChI=1S/C25H30N4O2S.C2H4O.C2H6/c1-28(2)32(31)27-25(30)18-12-13-20-22(16-18)29-15-14-26-21-11-7-6-10-19(21)24(29)23(20)17-8-4-3-5-9-17;1-2-3;1-2/h6-7,10-13,16-17,26H,3-5,8-9,14-15H2,1-2H3,(H,27,30);2H,1H3;1-2H3. The summed E-state index contributed by atoms with van der Waals surface area (Å²) in [5.74, 6) is 0.218. The van der Waals surface area contributed by atoms with E-state index >= 15 is 0 Å². The number of hydrogen-bond donors (Lipinski definition) is 2. The number of nitrogens with one attached hydrogen (secondary N) is 2. The van der Waals surface area contributed by atoms with Crippen LogP contribution in [0.2, 0.25) is 0 Å². The molecule has 1 atom stereocenters. The lowest BCUT2D eigenvalue weighted by Gasteiger charge is -2.23. The maximum Gasteiger partial charge on any atom is 0.264 e. The Labute approximate surface area is 223 Å². The van der Waals surface area contributed by atoms with Crippen LogP contribution >= 0.6 is 0 Å². The summed E-state index contributed by atoms with van der Waals surface area (Å²) >= 11 is -1.55. The van der Waals surface area contributed by atoms with Crippen molar-refractivity contribution in [3.63, 3.8) is 0 Å². The zero-order valence-electron chi connectivity index (χ0n) is 22.7. The highest BCUT2D eigenvalue weighted by molar-refractivity contribution is 7.81. The Balaban J connectivity index is 0.000000711. The molecule has 0 bridgehead atoms. The average Bonchev–Trinajstić information content (AvgIpc) is 3.11. The molecular formula is C29H40N4O3S. The Morgan fingerprint density at radius 3 is 2.46 bits per heavy atom. The summed E-state index contributed by atoms with van der Waals surface area (Å²) in [6, 6.07) is 14.5. The highest BCUT2D eigenvalue weighted by Crippen LogP contribution is 2.46. The van der Waals surface area contributed by atoms with Crippen molar-refractivity contribution in [3.05, 3.63) is 53.6 Å². The number of aldehydes is 1. The van der Waals surface area contributed by atoms with Gasteiger partial charge in [0.15, 0.2) is 11.2 Å². The third-order valence-electron chi connectivity index (χ3n) is 6.72. The molecule has 1 unspecified atom stereocenters. The van der Waals surface area contributed by atoms with Gasteiger partial charge in [-0.15, -0.1) is 0 Å². The van der Waals surface area contributed by atoms with Crippen LogP contribution in [0.1, 0.15) is 74.7 Å². The van der Waals surface area contributed by atoms with Gasteiger partial charge in [0.25, 0.3) is 5.91 Å². The second-order valence-corrected chi connectivity index (χ2v) is 10.6. The Kier molecular flexibility index (Phi) is 10.5. The molecule has 2 aliphatic rings. The number of nitrogens with zero attached hydrogens (tertiary/aromatic N) is 2. The molecule has 8 heteroatoms. The molecule has 1 aromatic heterocycles. The van der Waals surface area contributed by atoms with E-state index in [1.807, 2.05) is 26.0 Å². The molecule has 200 valence electrons. The van der Waals surface area contributed by atoms with Crippen LogP contribution in [0.3, 0.4) is 0 Å². The van der Waals surface area contributed by atoms with E-state index < -0.39 is 11.2 Å². The third-order valence-corrected chi connectivity index (χ3v) is 7.75. The van der Waals surface area contributed by atoms with Crippen LogP contribution < -0.4 is 10.0 Å². The highest BCUT2D eigenvalue weighted by atomic mass is 32.2. The normalized spacial score (nSPS) is 15.5. The first-order valence-corrected chi connectivity index (χ1v) is 14.4. The van der Waals surface area contributed by atoms with Crippen LogP contribution in [0.25, 0.3) is 22.2 Å². The van der Waals surface area contributed by atoms with Gasteiger partial charge < -0.3 is 14.7 Å². The Morgan fingerprint density at radius 2 is 1.78 bits per heavy atom. The van der Waals surface area contributed by atoms with Crippen molar-refractivity contribution in [2.24, 2.45) is 0 Å². The number of aromatic nitrogens is 1. The van der Waals surface area contributed by atoms with Gasteiger partial charge >= 0.3 is 0 Å². The minimum Gasteiger partial charge on any atom is -0.383 e. The average molecular weight is 525 g/mol. The van der Waals surface area contributed by atoms with E-state index in [9.17, 15) is 9.00 Å². The zero-order chi connectivity index (χ0) is 26.9. The van der Waals surface area contributed by atoms with Gasteiger partial charge in [0.2, 0.25) is 0 Å². The van der Waals surface area contributed by atoms with E-state index in [-0.39, 0.29) is 5.91 Å². The largest absolute Gasteiger partial charge is 0.383 e. The second kappa shape index (κ2) is 13.5. The van der Waals surface area contributed by atoms with E-state index in [1.165, 1.54) is 71.2 Å². The van der Waals surface area contributed by atoms with Crippen molar-refractivity contribution < 1.29 is 13.8 Å². The van der Waals surface area contributed by atoms with Crippen LogP contribution in [-0.2, 0) is 22.5 Å². The molecule has 2 aromatic carbocycles. The van der Waals surface area contributed by atoms with Crippen LogP contribution in [0.15, 0.2) is 42.5 Å². The maximum atomic E-state index is 12.8. The second-order valence-electron chi connectivity index (χ2n) is 9.18. The van der Waals surface area contributed by atoms with Crippen molar-refractivity contribution in [3.8, 4) is 11.3 Å². The van der Waals surface area contributed by atoms with Crippen LogP contribution in [-0.4, -0.2) is 45.9 Å². The highest BCUT2D eigenvalue weighted by Gasteiger charge is 2.29. The molecule has 1 aliphatic heterocycles. The third kappa shape index (κ3) is 6.30. The monoisotopic (exact) mass is 524 g/mol. The molecule has 2 N–H and O–H groups in total. The lowest BCUT2D eigenvalue weighted by atomic mass is 9.81. The van der Waals surface area contributed by atoms with Gasteiger partial charge in [0.05, 0.1) is 5.69 Å². The predicted octanol–water partition coefficient (Wildman–Crippen LogP) is 5.88. The van der Waals surface area contributed by atoms with Crippen LogP contribution in [0.4, 0.5) is 5.69 Å². The van der Waals surface area contributed by atoms with E-state index in [1.54, 1.807) is 14.1 Å². The van der Waals surface area contributed by atoms with E-state index in [2.05, 4.69) is 44.9 Å². The van der Waals surface area contributed by atoms with E-state index in [0.717, 1.165) is 24.9 Å². The molecule has 0 saturated heterocycles. The smallest absolute Gasteiger partial charge is 0.264 e. The molecule has 0 spiro atoms. The maximum absolute atomic E-state index is 12.8. The molecule has 1 fully saturated rings. The lowest BCUT2D eigenvalue weighted by Crippen LogP contribution is -2.34. The Bertz CT molecular complexity index is 1250. The molecule has 3 aromatic rings. The van der Waals surface area contributed by atoms with Gasteiger partial charge in [-0.1, -0.05) is 57.4 Å². The quantitative estimate of drug-likeness (QED) is 0.417. The summed E-state index contributed by atoms with van der Waals surface area (Å²) in [4.78, 5) is 21.6. The topological polar surface area (TPSA) is 83.4 Å². The summed E-state index contributed by atoms with van der Waals surface area (Å²) < 4.78 is 18.5. The number of fused-ring (bicyclic) bond motifs is 5. The predicted molar refractivity (Wildman–Crippen MR) is 154 cm³/mol. The summed E-state index contributed by atoms with van der Waals surface area (Å²) in [6.07, 6.45) is 7.04. The van der Waals surface area contributed by atoms with Crippen molar-refractivity contribution >= 4 is 40.0 Å².